The average Bonchev–Trinajstić information content (AvgIpc) is 2.79. The van der Waals surface area contributed by atoms with Gasteiger partial charge in [-0.05, 0) is 38.0 Å². The maximum absolute atomic E-state index is 13.1. The van der Waals surface area contributed by atoms with E-state index in [0.717, 1.165) is 5.56 Å². The van der Waals surface area contributed by atoms with Crippen LogP contribution in [0.2, 0.25) is 0 Å². The third-order valence-corrected chi connectivity index (χ3v) is 5.54. The SMILES string of the molecule is COc1cc(C(=O)O)c(NC(=O)C2=Cc3c(C)c(O)c(C)c(C)c3OC2)c(OC)c1OC. The summed E-state index contributed by atoms with van der Waals surface area (Å²) < 4.78 is 21.7. The summed E-state index contributed by atoms with van der Waals surface area (Å²) in [5.41, 5.74) is 2.62. The number of phenols is 1. The van der Waals surface area contributed by atoms with Crippen molar-refractivity contribution in [2.45, 2.75) is 20.8 Å². The number of benzene rings is 2. The molecule has 9 heteroatoms. The van der Waals surface area contributed by atoms with E-state index in [-0.39, 0.29) is 46.4 Å². The predicted octanol–water partition coefficient (Wildman–Crippen LogP) is 3.46. The number of carbonyl (C=O) groups is 2. The number of methoxy groups -OCH3 is 3. The van der Waals surface area contributed by atoms with Gasteiger partial charge in [-0.25, -0.2) is 4.79 Å². The molecule has 0 aliphatic carbocycles. The number of phenolic OH excluding ortho intramolecular Hbond substituents is 1. The third-order valence-electron chi connectivity index (χ3n) is 5.54. The van der Waals surface area contributed by atoms with Crippen molar-refractivity contribution in [3.8, 4) is 28.7 Å². The van der Waals surface area contributed by atoms with Crippen LogP contribution in [0, 0.1) is 20.8 Å². The van der Waals surface area contributed by atoms with Crippen LogP contribution in [0.5, 0.6) is 28.7 Å². The van der Waals surface area contributed by atoms with E-state index in [0.29, 0.717) is 22.4 Å². The molecule has 0 aromatic heterocycles. The molecule has 3 N–H and O–H groups in total. The number of carboxylic acids is 1. The number of anilines is 1. The molecule has 0 spiro atoms. The van der Waals surface area contributed by atoms with Gasteiger partial charge < -0.3 is 34.5 Å². The van der Waals surface area contributed by atoms with Crippen molar-refractivity contribution in [1.82, 2.24) is 0 Å². The van der Waals surface area contributed by atoms with Gasteiger partial charge in [0, 0.05) is 17.2 Å². The first-order valence-electron chi connectivity index (χ1n) is 9.69. The van der Waals surface area contributed by atoms with Crippen molar-refractivity contribution >= 4 is 23.6 Å². The summed E-state index contributed by atoms with van der Waals surface area (Å²) in [6.45, 7) is 5.34. The van der Waals surface area contributed by atoms with Gasteiger partial charge in [0.1, 0.15) is 23.8 Å². The number of hydrogen-bond acceptors (Lipinski definition) is 7. The van der Waals surface area contributed by atoms with Crippen molar-refractivity contribution in [3.63, 3.8) is 0 Å². The lowest BCUT2D eigenvalue weighted by molar-refractivity contribution is -0.113. The van der Waals surface area contributed by atoms with Crippen LogP contribution in [0.25, 0.3) is 6.08 Å². The minimum absolute atomic E-state index is 0.00984. The third kappa shape index (κ3) is 3.66. The predicted molar refractivity (Wildman–Crippen MR) is 117 cm³/mol. The number of rotatable bonds is 6. The first-order valence-corrected chi connectivity index (χ1v) is 9.69. The van der Waals surface area contributed by atoms with E-state index in [1.165, 1.54) is 27.4 Å². The Kier molecular flexibility index (Phi) is 6.20. The van der Waals surface area contributed by atoms with Crippen molar-refractivity contribution in [3.05, 3.63) is 39.5 Å². The zero-order valence-electron chi connectivity index (χ0n) is 18.7. The molecule has 2 aromatic carbocycles. The highest BCUT2D eigenvalue weighted by Crippen LogP contribution is 2.46. The number of aromatic hydroxyl groups is 1. The van der Waals surface area contributed by atoms with Crippen molar-refractivity contribution in [1.29, 1.82) is 0 Å². The highest BCUT2D eigenvalue weighted by Gasteiger charge is 2.28. The van der Waals surface area contributed by atoms with Gasteiger partial charge in [0.25, 0.3) is 5.91 Å². The van der Waals surface area contributed by atoms with E-state index in [1.54, 1.807) is 19.9 Å². The molecule has 170 valence electrons. The lowest BCUT2D eigenvalue weighted by Gasteiger charge is -2.24. The van der Waals surface area contributed by atoms with Gasteiger partial charge in [0.05, 0.1) is 32.5 Å². The molecular formula is C23H25NO8. The van der Waals surface area contributed by atoms with Gasteiger partial charge in [-0.15, -0.1) is 0 Å². The molecule has 3 rings (SSSR count). The summed E-state index contributed by atoms with van der Waals surface area (Å²) in [4.78, 5) is 24.9. The van der Waals surface area contributed by atoms with Crippen LogP contribution in [0.3, 0.4) is 0 Å². The first-order chi connectivity index (χ1) is 15.2. The van der Waals surface area contributed by atoms with Gasteiger partial charge >= 0.3 is 5.97 Å². The smallest absolute Gasteiger partial charge is 0.338 e. The topological polar surface area (TPSA) is 124 Å². The fourth-order valence-corrected chi connectivity index (χ4v) is 3.63. The number of ether oxygens (including phenoxy) is 4. The van der Waals surface area contributed by atoms with Gasteiger partial charge in [-0.3, -0.25) is 4.79 Å². The van der Waals surface area contributed by atoms with Crippen LogP contribution in [0.4, 0.5) is 5.69 Å². The van der Waals surface area contributed by atoms with Gasteiger partial charge in [0.2, 0.25) is 5.75 Å². The molecule has 0 atom stereocenters. The molecule has 0 unspecified atom stereocenters. The van der Waals surface area contributed by atoms with Crippen LogP contribution >= 0.6 is 0 Å². The van der Waals surface area contributed by atoms with Gasteiger partial charge in [-0.1, -0.05) is 0 Å². The normalized spacial score (nSPS) is 12.2. The highest BCUT2D eigenvalue weighted by molar-refractivity contribution is 6.12. The Morgan fingerprint density at radius 2 is 1.66 bits per heavy atom. The Hall–Kier alpha value is -3.88. The number of carbonyl (C=O) groups excluding carboxylic acids is 1. The molecule has 0 fully saturated rings. The van der Waals surface area contributed by atoms with Crippen LogP contribution in [-0.4, -0.2) is 50.0 Å². The van der Waals surface area contributed by atoms with E-state index in [4.69, 9.17) is 18.9 Å². The van der Waals surface area contributed by atoms with Crippen molar-refractivity contribution in [2.75, 3.05) is 33.3 Å². The number of fused-ring (bicyclic) bond motifs is 1. The van der Waals surface area contributed by atoms with Gasteiger partial charge in [-0.2, -0.15) is 0 Å². The lowest BCUT2D eigenvalue weighted by Crippen LogP contribution is -2.23. The maximum Gasteiger partial charge on any atom is 0.338 e. The molecule has 2 aromatic rings. The molecule has 0 bridgehead atoms. The summed E-state index contributed by atoms with van der Waals surface area (Å²) in [5.74, 6) is -0.837. The Bertz CT molecular complexity index is 1150. The maximum atomic E-state index is 13.1. The molecule has 1 heterocycles. The average molecular weight is 443 g/mol. The number of hydrogen-bond donors (Lipinski definition) is 3. The zero-order chi connectivity index (χ0) is 23.7. The molecule has 32 heavy (non-hydrogen) atoms. The number of carboxylic acid groups (broad SMARTS) is 1. The second-order valence-electron chi connectivity index (χ2n) is 7.25. The molecule has 0 radical (unpaired) electrons. The van der Waals surface area contributed by atoms with Crippen LogP contribution < -0.4 is 24.3 Å². The van der Waals surface area contributed by atoms with Crippen molar-refractivity contribution < 1.29 is 38.7 Å². The summed E-state index contributed by atoms with van der Waals surface area (Å²) in [5, 5.41) is 22.7. The zero-order valence-corrected chi connectivity index (χ0v) is 18.7. The Morgan fingerprint density at radius 3 is 2.22 bits per heavy atom. The van der Waals surface area contributed by atoms with E-state index < -0.39 is 11.9 Å². The molecular weight excluding hydrogens is 418 g/mol. The second-order valence-corrected chi connectivity index (χ2v) is 7.25. The molecule has 0 saturated heterocycles. The largest absolute Gasteiger partial charge is 0.507 e. The van der Waals surface area contributed by atoms with E-state index in [1.807, 2.05) is 6.92 Å². The summed E-state index contributed by atoms with van der Waals surface area (Å²) >= 11 is 0. The Balaban J connectivity index is 2.09. The Labute approximate surface area is 185 Å². The highest BCUT2D eigenvalue weighted by atomic mass is 16.5. The number of aromatic carboxylic acids is 1. The standard InChI is InChI=1S/C23H25NO8/c1-10-11(2)19-14(12(3)18(10)25)7-13(9-32-19)22(26)24-17-15(23(27)28)8-16(29-4)20(30-5)21(17)31-6/h7-8,25H,9H2,1-6H3,(H,24,26)(H,27,28). The minimum atomic E-state index is -1.29. The van der Waals surface area contributed by atoms with E-state index >= 15 is 0 Å². The molecule has 1 amide bonds. The quantitative estimate of drug-likeness (QED) is 0.620. The molecule has 1 aliphatic heterocycles. The monoisotopic (exact) mass is 443 g/mol. The Morgan fingerprint density at radius 1 is 1.00 bits per heavy atom. The summed E-state index contributed by atoms with van der Waals surface area (Å²) in [6.07, 6.45) is 1.63. The fourth-order valence-electron chi connectivity index (χ4n) is 3.63. The van der Waals surface area contributed by atoms with E-state index in [9.17, 15) is 19.8 Å². The summed E-state index contributed by atoms with van der Waals surface area (Å²) in [7, 11) is 4.07. The van der Waals surface area contributed by atoms with Crippen LogP contribution in [-0.2, 0) is 4.79 Å². The number of amides is 1. The van der Waals surface area contributed by atoms with Crippen LogP contribution in [0.15, 0.2) is 11.6 Å². The molecule has 0 saturated carbocycles. The number of nitrogens with one attached hydrogen (secondary N) is 1. The van der Waals surface area contributed by atoms with Crippen molar-refractivity contribution in [2.24, 2.45) is 0 Å². The lowest BCUT2D eigenvalue weighted by atomic mass is 9.94. The summed E-state index contributed by atoms with van der Waals surface area (Å²) in [6, 6.07) is 1.24. The van der Waals surface area contributed by atoms with E-state index in [2.05, 4.69) is 5.32 Å². The molecule has 1 aliphatic rings. The molecule has 9 nitrogen and oxygen atoms in total. The minimum Gasteiger partial charge on any atom is -0.507 e. The van der Waals surface area contributed by atoms with Crippen LogP contribution in [0.1, 0.15) is 32.6 Å². The fraction of sp³-hybridized carbons (Fsp3) is 0.304. The second kappa shape index (κ2) is 8.70. The van der Waals surface area contributed by atoms with Gasteiger partial charge in [0.15, 0.2) is 11.5 Å². The first kappa shape index (κ1) is 22.8.